The van der Waals surface area contributed by atoms with Crippen LogP contribution in [0.2, 0.25) is 0 Å². The summed E-state index contributed by atoms with van der Waals surface area (Å²) >= 11 is 0.592. The number of rotatable bonds is 6. The molecule has 5 rings (SSSR count). The number of Topliss-reactive ketones (excluding diaryl/α,β-unsaturated/α-hetero) is 1. The predicted molar refractivity (Wildman–Crippen MR) is 104 cm³/mol. The lowest BCUT2D eigenvalue weighted by Crippen LogP contribution is -2.54. The minimum absolute atomic E-state index is 0.236. The molecule has 4 bridgehead atoms. The lowest BCUT2D eigenvalue weighted by atomic mass is 9.47. The molecular formula is C20H32O4S2. The maximum Gasteiger partial charge on any atom is 0.204 e. The standard InChI is InChI=1S/C20H32O4S2/c1-2-18(26(22,23)24)25-20(6-4-3-5-17(20)21)13-19-10-14-7-15(11-19)9-16(8-14)12-19/h14-16,18H,2-13H2,1H3,(H,22,23,24). The van der Waals surface area contributed by atoms with Gasteiger partial charge >= 0.3 is 0 Å². The van der Waals surface area contributed by atoms with E-state index in [1.807, 2.05) is 0 Å². The summed E-state index contributed by atoms with van der Waals surface area (Å²) in [6.45, 7) is 1.76. The van der Waals surface area contributed by atoms with Gasteiger partial charge in [0.25, 0.3) is 0 Å². The molecule has 148 valence electrons. The zero-order valence-corrected chi connectivity index (χ0v) is 17.5. The molecule has 0 N–H and O–H groups in total. The highest BCUT2D eigenvalue weighted by Crippen LogP contribution is 2.63. The molecule has 0 radical (unpaired) electrons. The number of hydrogen-bond donors (Lipinski definition) is 0. The van der Waals surface area contributed by atoms with E-state index in [0.29, 0.717) is 24.6 Å². The number of carbonyl (C=O) groups excluding carboxylic acids is 1. The fourth-order valence-electron chi connectivity index (χ4n) is 7.21. The quantitative estimate of drug-likeness (QED) is 0.388. The minimum atomic E-state index is -4.36. The normalized spacial score (nSPS) is 43.6. The first-order chi connectivity index (χ1) is 12.2. The number of ketones is 1. The maximum absolute atomic E-state index is 13.1. The smallest absolute Gasteiger partial charge is 0.204 e. The average molecular weight is 401 g/mol. The molecule has 0 amide bonds. The SMILES string of the molecule is CCC([SH+]C1(CC23CC4CC(CC(C4)C2)C3)CCCCC1=O)S(=O)(=O)[O-]. The third-order valence-electron chi connectivity index (χ3n) is 7.67. The zero-order valence-electron chi connectivity index (χ0n) is 15.8. The van der Waals surface area contributed by atoms with Crippen LogP contribution in [0.5, 0.6) is 0 Å². The predicted octanol–water partition coefficient (Wildman–Crippen LogP) is 3.57. The molecule has 2 atom stereocenters. The van der Waals surface area contributed by atoms with Gasteiger partial charge in [-0.05, 0) is 74.5 Å². The van der Waals surface area contributed by atoms with E-state index in [1.165, 1.54) is 38.5 Å². The van der Waals surface area contributed by atoms with Crippen molar-refractivity contribution in [1.29, 1.82) is 0 Å². The van der Waals surface area contributed by atoms with Crippen LogP contribution in [0.4, 0.5) is 0 Å². The minimum Gasteiger partial charge on any atom is -0.744 e. The molecule has 0 heterocycles. The molecule has 5 aliphatic rings. The third kappa shape index (κ3) is 3.50. The van der Waals surface area contributed by atoms with Gasteiger partial charge < -0.3 is 4.55 Å². The van der Waals surface area contributed by atoms with E-state index in [1.54, 1.807) is 6.92 Å². The molecular weight excluding hydrogens is 368 g/mol. The molecule has 26 heavy (non-hydrogen) atoms. The molecule has 0 aliphatic heterocycles. The second kappa shape index (κ2) is 6.77. The van der Waals surface area contributed by atoms with E-state index in [4.69, 9.17) is 0 Å². The van der Waals surface area contributed by atoms with Crippen LogP contribution in [0.15, 0.2) is 0 Å². The molecule has 0 saturated heterocycles. The molecule has 0 spiro atoms. The Balaban J connectivity index is 1.63. The fourth-order valence-corrected chi connectivity index (χ4v) is 10.4. The third-order valence-corrected chi connectivity index (χ3v) is 11.5. The largest absolute Gasteiger partial charge is 0.744 e. The second-order valence-corrected chi connectivity index (χ2v) is 13.4. The lowest BCUT2D eigenvalue weighted by molar-refractivity contribution is -0.126. The van der Waals surface area contributed by atoms with Gasteiger partial charge in [-0.25, -0.2) is 8.42 Å². The van der Waals surface area contributed by atoms with E-state index in [0.717, 1.165) is 43.4 Å². The summed E-state index contributed by atoms with van der Waals surface area (Å²) in [6, 6.07) is 0. The van der Waals surface area contributed by atoms with Crippen molar-refractivity contribution in [1.82, 2.24) is 0 Å². The van der Waals surface area contributed by atoms with Crippen LogP contribution >= 0.6 is 0 Å². The summed E-state index contributed by atoms with van der Waals surface area (Å²) in [5.41, 5.74) is 0.236. The summed E-state index contributed by atoms with van der Waals surface area (Å²) in [5.74, 6) is 2.69. The van der Waals surface area contributed by atoms with Gasteiger partial charge in [0, 0.05) is 37.4 Å². The second-order valence-electron chi connectivity index (χ2n) is 9.74. The van der Waals surface area contributed by atoms with Gasteiger partial charge in [0.15, 0.2) is 10.5 Å². The van der Waals surface area contributed by atoms with Crippen LogP contribution in [-0.2, 0) is 26.7 Å². The van der Waals surface area contributed by atoms with Crippen LogP contribution in [0.1, 0.15) is 84.0 Å². The topological polar surface area (TPSA) is 74.3 Å². The summed E-state index contributed by atoms with van der Waals surface area (Å²) in [4.78, 5) is 13.1. The molecule has 4 nitrogen and oxygen atoms in total. The van der Waals surface area contributed by atoms with Crippen molar-refractivity contribution in [3.8, 4) is 0 Å². The van der Waals surface area contributed by atoms with Crippen molar-refractivity contribution >= 4 is 27.7 Å². The molecule has 5 aliphatic carbocycles. The van der Waals surface area contributed by atoms with E-state index < -0.39 is 19.4 Å². The summed E-state index contributed by atoms with van der Waals surface area (Å²) in [5, 5.41) is 0. The first-order valence-electron chi connectivity index (χ1n) is 10.4. The van der Waals surface area contributed by atoms with Gasteiger partial charge in [-0.2, -0.15) is 0 Å². The lowest BCUT2D eigenvalue weighted by Gasteiger charge is -2.58. The van der Waals surface area contributed by atoms with E-state index in [2.05, 4.69) is 0 Å². The summed E-state index contributed by atoms with van der Waals surface area (Å²) in [6.07, 6.45) is 12.2. The van der Waals surface area contributed by atoms with Crippen molar-refractivity contribution in [2.45, 2.75) is 93.3 Å². The zero-order chi connectivity index (χ0) is 18.6. The van der Waals surface area contributed by atoms with Gasteiger partial charge in [0.2, 0.25) is 4.58 Å². The van der Waals surface area contributed by atoms with Crippen LogP contribution in [-0.4, -0.2) is 28.1 Å². The Labute approximate surface area is 162 Å². The van der Waals surface area contributed by atoms with Crippen molar-refractivity contribution < 1.29 is 17.8 Å². The van der Waals surface area contributed by atoms with Gasteiger partial charge in [-0.15, -0.1) is 0 Å². The Morgan fingerprint density at radius 1 is 1.12 bits per heavy atom. The maximum atomic E-state index is 13.1. The van der Waals surface area contributed by atoms with Crippen LogP contribution in [0.3, 0.4) is 0 Å². The average Bonchev–Trinajstić information content (AvgIpc) is 2.52. The van der Waals surface area contributed by atoms with Gasteiger partial charge in [-0.3, -0.25) is 4.79 Å². The van der Waals surface area contributed by atoms with Crippen LogP contribution < -0.4 is 0 Å². The number of hydrogen-bond acceptors (Lipinski definition) is 4. The highest BCUT2D eigenvalue weighted by atomic mass is 32.3. The van der Waals surface area contributed by atoms with E-state index in [-0.39, 0.29) is 11.2 Å². The molecule has 0 aromatic heterocycles. The van der Waals surface area contributed by atoms with Gasteiger partial charge in [0.05, 0.1) is 0 Å². The van der Waals surface area contributed by atoms with Crippen molar-refractivity contribution in [2.75, 3.05) is 0 Å². The molecule has 5 saturated carbocycles. The monoisotopic (exact) mass is 400 g/mol. The van der Waals surface area contributed by atoms with E-state index in [9.17, 15) is 17.8 Å². The Bertz CT molecular complexity index is 636. The Morgan fingerprint density at radius 3 is 2.15 bits per heavy atom. The van der Waals surface area contributed by atoms with Crippen molar-refractivity contribution in [3.63, 3.8) is 0 Å². The number of thiol groups is 1. The Kier molecular flexibility index (Phi) is 5.01. The first-order valence-corrected chi connectivity index (χ1v) is 12.9. The molecule has 2 unspecified atom stereocenters. The van der Waals surface area contributed by atoms with Gasteiger partial charge in [0.1, 0.15) is 10.1 Å². The Morgan fingerprint density at radius 2 is 1.69 bits per heavy atom. The fraction of sp³-hybridized carbons (Fsp3) is 0.950. The summed E-state index contributed by atoms with van der Waals surface area (Å²) < 4.78 is 33.8. The van der Waals surface area contributed by atoms with Crippen molar-refractivity contribution in [3.05, 3.63) is 0 Å². The molecule has 6 heteroatoms. The molecule has 0 aromatic rings. The molecule has 5 fully saturated rings. The highest BCUT2D eigenvalue weighted by Gasteiger charge is 2.59. The van der Waals surface area contributed by atoms with Crippen LogP contribution in [0.25, 0.3) is 0 Å². The first kappa shape index (κ1) is 19.3. The molecule has 0 aromatic carbocycles. The Hall–Kier alpha value is -0.0700. The van der Waals surface area contributed by atoms with Gasteiger partial charge in [-0.1, -0.05) is 6.92 Å². The highest BCUT2D eigenvalue weighted by molar-refractivity contribution is 8.01. The van der Waals surface area contributed by atoms with Crippen LogP contribution in [0, 0.1) is 23.2 Å². The summed E-state index contributed by atoms with van der Waals surface area (Å²) in [7, 11) is -4.36. The van der Waals surface area contributed by atoms with E-state index >= 15 is 0 Å². The van der Waals surface area contributed by atoms with Crippen molar-refractivity contribution in [2.24, 2.45) is 23.2 Å². The number of carbonyl (C=O) groups is 1.